The lowest BCUT2D eigenvalue weighted by Crippen LogP contribution is -1.87. The third-order valence-corrected chi connectivity index (χ3v) is 1.37. The van der Waals surface area contributed by atoms with Crippen LogP contribution in [0.15, 0.2) is 11.6 Å². The number of nitrogens with zero attached hydrogens (tertiary/aromatic N) is 1. The molecule has 0 heterocycles. The minimum absolute atomic E-state index is 0.204. The molecule has 0 rings (SSSR count). The predicted molar refractivity (Wildman–Crippen MR) is 43.4 cm³/mol. The molecule has 1 heteroatoms. The van der Waals surface area contributed by atoms with E-state index in [9.17, 15) is 0 Å². The lowest BCUT2D eigenvalue weighted by atomic mass is 10.1. The van der Waals surface area contributed by atoms with Gasteiger partial charge < -0.3 is 0 Å². The quantitative estimate of drug-likeness (QED) is 0.549. The van der Waals surface area contributed by atoms with E-state index in [0.29, 0.717) is 0 Å². The van der Waals surface area contributed by atoms with E-state index in [1.54, 1.807) is 0 Å². The van der Waals surface area contributed by atoms with Crippen molar-refractivity contribution >= 4 is 0 Å². The zero-order valence-corrected chi connectivity index (χ0v) is 7.02. The average Bonchev–Trinajstić information content (AvgIpc) is 1.87. The number of hydrogen-bond acceptors (Lipinski definition) is 1. The Morgan fingerprint density at radius 2 is 2.20 bits per heavy atom. The Labute approximate surface area is 63.4 Å². The highest BCUT2D eigenvalue weighted by atomic mass is 14.2. The van der Waals surface area contributed by atoms with Crippen LogP contribution < -0.4 is 0 Å². The average molecular weight is 137 g/mol. The van der Waals surface area contributed by atoms with Crippen molar-refractivity contribution in [1.82, 2.24) is 0 Å². The molecule has 1 atom stereocenters. The molecule has 0 aliphatic rings. The molecule has 0 aromatic heterocycles. The predicted octanol–water partition coefficient (Wildman–Crippen LogP) is 2.89. The van der Waals surface area contributed by atoms with Crippen molar-refractivity contribution in [2.24, 2.45) is 5.92 Å². The molecule has 0 spiro atoms. The van der Waals surface area contributed by atoms with Gasteiger partial charge in [-0.05, 0) is 33.6 Å². The molecule has 0 saturated carbocycles. The number of nitriles is 1. The van der Waals surface area contributed by atoms with Crippen LogP contribution in [0.4, 0.5) is 0 Å². The van der Waals surface area contributed by atoms with E-state index in [-0.39, 0.29) is 5.92 Å². The summed E-state index contributed by atoms with van der Waals surface area (Å²) >= 11 is 0. The second-order valence-electron chi connectivity index (χ2n) is 2.89. The van der Waals surface area contributed by atoms with Crippen molar-refractivity contribution in [2.45, 2.75) is 33.6 Å². The van der Waals surface area contributed by atoms with Crippen LogP contribution in [0.5, 0.6) is 0 Å². The molecule has 56 valence electrons. The lowest BCUT2D eigenvalue weighted by Gasteiger charge is -1.96. The number of rotatable bonds is 3. The summed E-state index contributed by atoms with van der Waals surface area (Å²) in [5, 5.41) is 8.43. The Bertz CT molecular complexity index is 147. The molecule has 0 radical (unpaired) electrons. The Hall–Kier alpha value is -0.770. The highest BCUT2D eigenvalue weighted by Crippen LogP contribution is 2.05. The maximum Gasteiger partial charge on any atom is 0.0652 e. The van der Waals surface area contributed by atoms with Crippen molar-refractivity contribution in [1.29, 1.82) is 5.26 Å². The first-order chi connectivity index (χ1) is 4.66. The van der Waals surface area contributed by atoms with E-state index in [4.69, 9.17) is 5.26 Å². The molecule has 0 aromatic rings. The van der Waals surface area contributed by atoms with Crippen LogP contribution in [0, 0.1) is 17.2 Å². The summed E-state index contributed by atoms with van der Waals surface area (Å²) in [6, 6.07) is 2.21. The largest absolute Gasteiger partial charge is 0.198 e. The topological polar surface area (TPSA) is 23.8 Å². The summed E-state index contributed by atoms with van der Waals surface area (Å²) in [4.78, 5) is 0. The van der Waals surface area contributed by atoms with Crippen LogP contribution >= 0.6 is 0 Å². The summed E-state index contributed by atoms with van der Waals surface area (Å²) in [5.41, 5.74) is 1.34. The standard InChI is InChI=1S/C9H15N/c1-8(2)5-4-6-9(3)7-10/h5,9H,4,6H2,1-3H3. The number of allylic oxidation sites excluding steroid dienone is 2. The van der Waals surface area contributed by atoms with E-state index in [2.05, 4.69) is 26.0 Å². The van der Waals surface area contributed by atoms with Gasteiger partial charge >= 0.3 is 0 Å². The van der Waals surface area contributed by atoms with E-state index in [1.165, 1.54) is 5.57 Å². The van der Waals surface area contributed by atoms with Crippen molar-refractivity contribution in [3.8, 4) is 6.07 Å². The van der Waals surface area contributed by atoms with E-state index >= 15 is 0 Å². The fourth-order valence-corrected chi connectivity index (χ4v) is 0.687. The normalized spacial score (nSPS) is 11.8. The second kappa shape index (κ2) is 5.05. The molecule has 0 aliphatic heterocycles. The van der Waals surface area contributed by atoms with Gasteiger partial charge in [-0.3, -0.25) is 0 Å². The zero-order chi connectivity index (χ0) is 7.98. The highest BCUT2D eigenvalue weighted by Gasteiger charge is 1.95. The first-order valence-corrected chi connectivity index (χ1v) is 3.69. The van der Waals surface area contributed by atoms with Gasteiger partial charge in [0.2, 0.25) is 0 Å². The zero-order valence-electron chi connectivity index (χ0n) is 7.02. The smallest absolute Gasteiger partial charge is 0.0652 e. The SMILES string of the molecule is CC(C)=CCCC(C)C#N. The van der Waals surface area contributed by atoms with Crippen molar-refractivity contribution in [3.05, 3.63) is 11.6 Å². The molecule has 0 aliphatic carbocycles. The first kappa shape index (κ1) is 9.23. The Morgan fingerprint density at radius 1 is 1.60 bits per heavy atom. The van der Waals surface area contributed by atoms with Crippen LogP contribution in [0.2, 0.25) is 0 Å². The van der Waals surface area contributed by atoms with Gasteiger partial charge in [0.25, 0.3) is 0 Å². The molecule has 1 unspecified atom stereocenters. The minimum atomic E-state index is 0.204. The molecule has 0 amide bonds. The fraction of sp³-hybridized carbons (Fsp3) is 0.667. The summed E-state index contributed by atoms with van der Waals surface area (Å²) in [6.07, 6.45) is 4.20. The van der Waals surface area contributed by atoms with Gasteiger partial charge in [0.05, 0.1) is 6.07 Å². The maximum atomic E-state index is 8.43. The molecule has 10 heavy (non-hydrogen) atoms. The van der Waals surface area contributed by atoms with Gasteiger partial charge in [-0.2, -0.15) is 5.26 Å². The molecule has 0 bridgehead atoms. The molecule has 0 aromatic carbocycles. The van der Waals surface area contributed by atoms with E-state index in [1.807, 2.05) is 6.92 Å². The van der Waals surface area contributed by atoms with Crippen molar-refractivity contribution in [3.63, 3.8) is 0 Å². The van der Waals surface area contributed by atoms with Gasteiger partial charge in [0.1, 0.15) is 0 Å². The number of hydrogen-bond donors (Lipinski definition) is 0. The van der Waals surface area contributed by atoms with E-state index in [0.717, 1.165) is 12.8 Å². The highest BCUT2D eigenvalue weighted by molar-refractivity contribution is 4.93. The Kier molecular flexibility index (Phi) is 4.66. The van der Waals surface area contributed by atoms with Gasteiger partial charge in [-0.15, -0.1) is 0 Å². The second-order valence-corrected chi connectivity index (χ2v) is 2.89. The maximum absolute atomic E-state index is 8.43. The lowest BCUT2D eigenvalue weighted by molar-refractivity contribution is 0.669. The van der Waals surface area contributed by atoms with Crippen LogP contribution in [0.3, 0.4) is 0 Å². The first-order valence-electron chi connectivity index (χ1n) is 3.69. The van der Waals surface area contributed by atoms with Crippen molar-refractivity contribution < 1.29 is 0 Å². The molecule has 1 nitrogen and oxygen atoms in total. The minimum Gasteiger partial charge on any atom is -0.198 e. The van der Waals surface area contributed by atoms with Crippen LogP contribution in [-0.2, 0) is 0 Å². The summed E-state index contributed by atoms with van der Waals surface area (Å²) in [7, 11) is 0. The van der Waals surface area contributed by atoms with Crippen LogP contribution in [0.25, 0.3) is 0 Å². The van der Waals surface area contributed by atoms with Gasteiger partial charge in [0.15, 0.2) is 0 Å². The molecule has 0 N–H and O–H groups in total. The monoisotopic (exact) mass is 137 g/mol. The summed E-state index contributed by atoms with van der Waals surface area (Å²) in [5.74, 6) is 0.204. The third kappa shape index (κ3) is 5.37. The molecular weight excluding hydrogens is 122 g/mol. The summed E-state index contributed by atoms with van der Waals surface area (Å²) < 4.78 is 0. The van der Waals surface area contributed by atoms with Gasteiger partial charge in [-0.1, -0.05) is 11.6 Å². The fourth-order valence-electron chi connectivity index (χ4n) is 0.687. The van der Waals surface area contributed by atoms with Gasteiger partial charge in [0, 0.05) is 5.92 Å². The Balaban J connectivity index is 3.39. The van der Waals surface area contributed by atoms with Crippen molar-refractivity contribution in [2.75, 3.05) is 0 Å². The van der Waals surface area contributed by atoms with E-state index < -0.39 is 0 Å². The molecule has 0 saturated heterocycles. The van der Waals surface area contributed by atoms with Crippen LogP contribution in [-0.4, -0.2) is 0 Å². The van der Waals surface area contributed by atoms with Gasteiger partial charge in [-0.25, -0.2) is 0 Å². The Morgan fingerprint density at radius 3 is 2.60 bits per heavy atom. The summed E-state index contributed by atoms with van der Waals surface area (Å²) in [6.45, 7) is 6.12. The van der Waals surface area contributed by atoms with Crippen LogP contribution in [0.1, 0.15) is 33.6 Å². The molecular formula is C9H15N. The molecule has 0 fully saturated rings. The third-order valence-electron chi connectivity index (χ3n) is 1.37.